The number of fused-ring (bicyclic) bond motifs is 2. The zero-order valence-corrected chi connectivity index (χ0v) is 15.4. The molecule has 0 aromatic heterocycles. The molecule has 2 aliphatic heterocycles. The van der Waals surface area contributed by atoms with Gasteiger partial charge in [-0.3, -0.25) is 9.10 Å². The molecule has 7 nitrogen and oxygen atoms in total. The molecule has 3 unspecified atom stereocenters. The number of amides is 1. The Morgan fingerprint density at radius 2 is 2.00 bits per heavy atom. The lowest BCUT2D eigenvalue weighted by atomic mass is 9.94. The first-order valence-corrected chi connectivity index (χ1v) is 10.8. The van der Waals surface area contributed by atoms with Crippen molar-refractivity contribution in [3.63, 3.8) is 0 Å². The molecule has 0 spiro atoms. The molecule has 140 valence electrons. The number of likely N-dealkylation sites (tertiary alicyclic amines) is 1. The second-order valence-electron chi connectivity index (χ2n) is 7.52. The molecule has 3 atom stereocenters. The number of aliphatic carboxylic acids is 1. The average molecular weight is 378 g/mol. The molecule has 26 heavy (non-hydrogen) atoms. The van der Waals surface area contributed by atoms with Crippen LogP contribution in [0.1, 0.15) is 35.2 Å². The van der Waals surface area contributed by atoms with E-state index in [9.17, 15) is 23.1 Å². The van der Waals surface area contributed by atoms with Gasteiger partial charge in [-0.1, -0.05) is 6.42 Å². The zero-order chi connectivity index (χ0) is 18.6. The highest BCUT2D eigenvalue weighted by molar-refractivity contribution is 7.92. The van der Waals surface area contributed by atoms with Crippen molar-refractivity contribution in [1.82, 2.24) is 4.90 Å². The Hall–Kier alpha value is -2.09. The number of carboxylic acids is 1. The smallest absolute Gasteiger partial charge is 0.326 e. The molecule has 1 saturated heterocycles. The van der Waals surface area contributed by atoms with Crippen molar-refractivity contribution >= 4 is 27.6 Å². The van der Waals surface area contributed by atoms with Gasteiger partial charge < -0.3 is 10.0 Å². The van der Waals surface area contributed by atoms with Crippen LogP contribution >= 0.6 is 0 Å². The van der Waals surface area contributed by atoms with Gasteiger partial charge >= 0.3 is 5.97 Å². The van der Waals surface area contributed by atoms with Gasteiger partial charge in [-0.2, -0.15) is 0 Å². The number of nitrogens with zero attached hydrogens (tertiary/aromatic N) is 2. The van der Waals surface area contributed by atoms with Gasteiger partial charge in [0, 0.05) is 18.7 Å². The zero-order valence-electron chi connectivity index (χ0n) is 14.6. The third-order valence-corrected chi connectivity index (χ3v) is 7.16. The van der Waals surface area contributed by atoms with E-state index in [1.807, 2.05) is 0 Å². The van der Waals surface area contributed by atoms with Crippen molar-refractivity contribution in [1.29, 1.82) is 0 Å². The summed E-state index contributed by atoms with van der Waals surface area (Å²) in [6.07, 6.45) is 4.59. The summed E-state index contributed by atoms with van der Waals surface area (Å²) in [5.74, 6) is -0.883. The third kappa shape index (κ3) is 2.67. The molecule has 0 radical (unpaired) electrons. The maximum atomic E-state index is 13.0. The number of carboxylic acid groups (broad SMARTS) is 1. The number of hydrogen-bond donors (Lipinski definition) is 1. The molecular weight excluding hydrogens is 356 g/mol. The van der Waals surface area contributed by atoms with Crippen molar-refractivity contribution in [3.05, 3.63) is 29.3 Å². The second kappa shape index (κ2) is 5.97. The van der Waals surface area contributed by atoms with E-state index in [-0.39, 0.29) is 17.7 Å². The van der Waals surface area contributed by atoms with Gasteiger partial charge in [0.1, 0.15) is 6.04 Å². The van der Waals surface area contributed by atoms with Crippen LogP contribution in [0.2, 0.25) is 0 Å². The van der Waals surface area contributed by atoms with Crippen molar-refractivity contribution in [2.24, 2.45) is 11.8 Å². The van der Waals surface area contributed by atoms with Gasteiger partial charge in [0.15, 0.2) is 0 Å². The second-order valence-corrected chi connectivity index (χ2v) is 9.43. The molecule has 4 rings (SSSR count). The SMILES string of the molecule is CS(=O)(=O)N1CCc2cc(C(=O)N3CC4CCCC4C3C(=O)O)ccc21. The number of rotatable bonds is 3. The van der Waals surface area contributed by atoms with Gasteiger partial charge in [0.2, 0.25) is 10.0 Å². The normalized spacial score (nSPS) is 27.5. The highest BCUT2D eigenvalue weighted by atomic mass is 32.2. The number of carbonyl (C=O) groups excluding carboxylic acids is 1. The Bertz CT molecular complexity index is 882. The summed E-state index contributed by atoms with van der Waals surface area (Å²) in [5.41, 5.74) is 1.86. The molecule has 3 aliphatic rings. The average Bonchev–Trinajstić information content (AvgIpc) is 3.25. The van der Waals surface area contributed by atoms with Crippen LogP contribution in [0.3, 0.4) is 0 Å². The van der Waals surface area contributed by atoms with E-state index in [1.54, 1.807) is 18.2 Å². The van der Waals surface area contributed by atoms with Crippen LogP contribution in [0.4, 0.5) is 5.69 Å². The van der Waals surface area contributed by atoms with Crippen molar-refractivity contribution in [2.45, 2.75) is 31.7 Å². The van der Waals surface area contributed by atoms with Crippen LogP contribution in [0.5, 0.6) is 0 Å². The minimum absolute atomic E-state index is 0.0478. The highest BCUT2D eigenvalue weighted by Crippen LogP contribution is 2.43. The fourth-order valence-corrected chi connectivity index (χ4v) is 5.80. The Balaban J connectivity index is 1.62. The molecule has 0 bridgehead atoms. The van der Waals surface area contributed by atoms with Crippen LogP contribution in [0.25, 0.3) is 0 Å². The predicted octanol–water partition coefficient (Wildman–Crippen LogP) is 1.33. The minimum atomic E-state index is -3.33. The van der Waals surface area contributed by atoms with Crippen LogP contribution in [0.15, 0.2) is 18.2 Å². The molecule has 1 aromatic carbocycles. The number of sulfonamides is 1. The van der Waals surface area contributed by atoms with E-state index in [2.05, 4.69) is 0 Å². The molecule has 1 saturated carbocycles. The molecule has 1 aliphatic carbocycles. The molecule has 1 aromatic rings. The van der Waals surface area contributed by atoms with Crippen molar-refractivity contribution < 1.29 is 23.1 Å². The summed E-state index contributed by atoms with van der Waals surface area (Å²) >= 11 is 0. The number of hydrogen-bond acceptors (Lipinski definition) is 4. The van der Waals surface area contributed by atoms with E-state index in [4.69, 9.17) is 0 Å². The van der Waals surface area contributed by atoms with Gasteiger partial charge in [0.05, 0.1) is 11.9 Å². The van der Waals surface area contributed by atoms with Gasteiger partial charge in [-0.25, -0.2) is 13.2 Å². The summed E-state index contributed by atoms with van der Waals surface area (Å²) in [6, 6.07) is 4.23. The van der Waals surface area contributed by atoms with E-state index in [0.29, 0.717) is 30.8 Å². The summed E-state index contributed by atoms with van der Waals surface area (Å²) < 4.78 is 25.0. The van der Waals surface area contributed by atoms with Gasteiger partial charge in [-0.05, 0) is 54.9 Å². The largest absolute Gasteiger partial charge is 0.480 e. The quantitative estimate of drug-likeness (QED) is 0.856. The topological polar surface area (TPSA) is 95.0 Å². The molecule has 2 heterocycles. The Labute approximate surface area is 152 Å². The summed E-state index contributed by atoms with van der Waals surface area (Å²) in [6.45, 7) is 0.866. The van der Waals surface area contributed by atoms with E-state index < -0.39 is 22.0 Å². The fraction of sp³-hybridized carbons (Fsp3) is 0.556. The minimum Gasteiger partial charge on any atom is -0.480 e. The lowest BCUT2D eigenvalue weighted by Gasteiger charge is -2.25. The predicted molar refractivity (Wildman–Crippen MR) is 95.6 cm³/mol. The first-order chi connectivity index (χ1) is 12.3. The monoisotopic (exact) mass is 378 g/mol. The van der Waals surface area contributed by atoms with E-state index in [1.165, 1.54) is 15.5 Å². The Morgan fingerprint density at radius 1 is 1.23 bits per heavy atom. The third-order valence-electron chi connectivity index (χ3n) is 5.98. The summed E-state index contributed by atoms with van der Waals surface area (Å²) in [5, 5.41) is 9.64. The summed E-state index contributed by atoms with van der Waals surface area (Å²) in [4.78, 5) is 26.3. The molecule has 2 fully saturated rings. The van der Waals surface area contributed by atoms with Gasteiger partial charge in [0.25, 0.3) is 5.91 Å². The van der Waals surface area contributed by atoms with Crippen molar-refractivity contribution in [3.8, 4) is 0 Å². The lowest BCUT2D eigenvalue weighted by Crippen LogP contribution is -2.43. The Morgan fingerprint density at radius 3 is 2.69 bits per heavy atom. The van der Waals surface area contributed by atoms with E-state index >= 15 is 0 Å². The summed E-state index contributed by atoms with van der Waals surface area (Å²) in [7, 11) is -3.33. The first-order valence-electron chi connectivity index (χ1n) is 8.92. The highest BCUT2D eigenvalue weighted by Gasteiger charge is 2.49. The van der Waals surface area contributed by atoms with Crippen LogP contribution < -0.4 is 4.31 Å². The lowest BCUT2D eigenvalue weighted by molar-refractivity contribution is -0.142. The maximum Gasteiger partial charge on any atom is 0.326 e. The van der Waals surface area contributed by atoms with Gasteiger partial charge in [-0.15, -0.1) is 0 Å². The number of benzene rings is 1. The van der Waals surface area contributed by atoms with Crippen LogP contribution in [0, 0.1) is 11.8 Å². The maximum absolute atomic E-state index is 13.0. The Kier molecular flexibility index (Phi) is 3.98. The van der Waals surface area contributed by atoms with Crippen LogP contribution in [-0.4, -0.2) is 55.7 Å². The van der Waals surface area contributed by atoms with Crippen LogP contribution in [-0.2, 0) is 21.2 Å². The molecule has 8 heteroatoms. The molecule has 1 N–H and O–H groups in total. The fourth-order valence-electron chi connectivity index (χ4n) is 4.85. The molecule has 1 amide bonds. The standard InChI is InChI=1S/C18H22N2O5S/c1-26(24,25)20-8-7-11-9-12(5-6-15(11)20)17(21)19-10-13-3-2-4-14(13)16(19)18(22)23/h5-6,9,13-14,16H,2-4,7-8,10H2,1H3,(H,22,23). The number of carbonyl (C=O) groups is 2. The number of anilines is 1. The van der Waals surface area contributed by atoms with E-state index in [0.717, 1.165) is 24.8 Å². The van der Waals surface area contributed by atoms with Crippen molar-refractivity contribution in [2.75, 3.05) is 23.7 Å². The first kappa shape index (κ1) is 17.3. The molecular formula is C18H22N2O5S.